The number of amides is 1. The molecule has 2 N–H and O–H groups in total. The summed E-state index contributed by atoms with van der Waals surface area (Å²) in [6, 6.07) is 2.90. The van der Waals surface area contributed by atoms with Crippen LogP contribution in [0.1, 0.15) is 12.5 Å². The lowest BCUT2D eigenvalue weighted by molar-refractivity contribution is -0.121. The second kappa shape index (κ2) is 7.45. The smallest absolute Gasteiger partial charge is 0.224 e. The first-order valence-electron chi connectivity index (χ1n) is 5.85. The minimum atomic E-state index is -0.730. The van der Waals surface area contributed by atoms with Crippen molar-refractivity contribution in [3.63, 3.8) is 0 Å². The van der Waals surface area contributed by atoms with Crippen molar-refractivity contribution in [3.8, 4) is 0 Å². The number of hydrogen-bond acceptors (Lipinski definition) is 3. The molecule has 0 aliphatic heterocycles. The summed E-state index contributed by atoms with van der Waals surface area (Å²) < 4.78 is 26.1. The first-order chi connectivity index (χ1) is 8.97. The van der Waals surface area contributed by atoms with E-state index in [1.54, 1.807) is 6.92 Å². The van der Waals surface area contributed by atoms with E-state index in [1.165, 1.54) is 17.8 Å². The molecule has 0 aromatic heterocycles. The highest BCUT2D eigenvalue weighted by Crippen LogP contribution is 2.12. The van der Waals surface area contributed by atoms with Crippen molar-refractivity contribution in [2.45, 2.75) is 24.6 Å². The Labute approximate surface area is 115 Å². The summed E-state index contributed by atoms with van der Waals surface area (Å²) in [6.45, 7) is 1.73. The molecule has 0 unspecified atom stereocenters. The molecule has 1 rings (SSSR count). The Hall–Kier alpha value is -1.14. The Morgan fingerprint density at radius 3 is 2.68 bits per heavy atom. The van der Waals surface area contributed by atoms with Gasteiger partial charge in [0.15, 0.2) is 0 Å². The van der Waals surface area contributed by atoms with Gasteiger partial charge in [-0.3, -0.25) is 4.79 Å². The first-order valence-corrected chi connectivity index (χ1v) is 7.13. The lowest BCUT2D eigenvalue weighted by atomic mass is 10.1. The van der Waals surface area contributed by atoms with Crippen molar-refractivity contribution in [1.29, 1.82) is 0 Å². The van der Waals surface area contributed by atoms with Gasteiger partial charge in [-0.05, 0) is 24.8 Å². The Morgan fingerprint density at radius 2 is 2.16 bits per heavy atom. The highest BCUT2D eigenvalue weighted by molar-refractivity contribution is 7.99. The van der Waals surface area contributed by atoms with Crippen LogP contribution in [0, 0.1) is 11.6 Å². The van der Waals surface area contributed by atoms with Crippen molar-refractivity contribution in [2.75, 3.05) is 12.9 Å². The van der Waals surface area contributed by atoms with E-state index in [9.17, 15) is 13.6 Å². The van der Waals surface area contributed by atoms with E-state index >= 15 is 0 Å². The molecule has 0 aliphatic carbocycles. The molecule has 0 aliphatic rings. The zero-order valence-corrected chi connectivity index (χ0v) is 11.6. The van der Waals surface area contributed by atoms with Crippen LogP contribution < -0.4 is 5.32 Å². The van der Waals surface area contributed by atoms with Crippen LogP contribution in [0.25, 0.3) is 0 Å². The third-order valence-electron chi connectivity index (χ3n) is 2.80. The highest BCUT2D eigenvalue weighted by Gasteiger charge is 2.18. The normalized spacial score (nSPS) is 13.9. The number of nitrogens with one attached hydrogen (secondary N) is 1. The van der Waals surface area contributed by atoms with E-state index in [0.29, 0.717) is 0 Å². The van der Waals surface area contributed by atoms with E-state index < -0.39 is 11.6 Å². The number of carbonyl (C=O) groups excluding carboxylic acids is 1. The first kappa shape index (κ1) is 15.9. The summed E-state index contributed by atoms with van der Waals surface area (Å²) in [6.07, 6.45) is 1.69. The van der Waals surface area contributed by atoms with Crippen molar-refractivity contribution in [3.05, 3.63) is 35.4 Å². The van der Waals surface area contributed by atoms with Gasteiger partial charge in [0.1, 0.15) is 11.6 Å². The van der Waals surface area contributed by atoms with Gasteiger partial charge >= 0.3 is 0 Å². The van der Waals surface area contributed by atoms with Gasteiger partial charge in [0.25, 0.3) is 0 Å². The molecule has 1 aromatic carbocycles. The monoisotopic (exact) mass is 289 g/mol. The number of halogens is 2. The van der Waals surface area contributed by atoms with Gasteiger partial charge in [0.05, 0.1) is 13.0 Å². The predicted octanol–water partition coefficient (Wildman–Crippen LogP) is 1.74. The number of rotatable bonds is 6. The third kappa shape index (κ3) is 4.80. The molecule has 0 spiro atoms. The molecule has 0 saturated heterocycles. The van der Waals surface area contributed by atoms with Gasteiger partial charge in [0.2, 0.25) is 5.91 Å². The predicted molar refractivity (Wildman–Crippen MR) is 72.1 cm³/mol. The molecule has 0 saturated carbocycles. The number of aliphatic hydroxyl groups is 1. The van der Waals surface area contributed by atoms with Crippen LogP contribution >= 0.6 is 11.8 Å². The topological polar surface area (TPSA) is 49.3 Å². The Bertz CT molecular complexity index is 439. The van der Waals surface area contributed by atoms with Crippen LogP contribution in [0.2, 0.25) is 0 Å². The number of carbonyl (C=O) groups is 1. The standard InChI is InChI=1S/C13H17F2NO2S/c1-8(12(7-17)19-2)16-13(18)5-9-3-4-10(14)6-11(9)15/h3-4,6,8,12,17H,5,7H2,1-2H3,(H,16,18)/t8-,12+/m0/s1. The average molecular weight is 289 g/mol. The number of benzene rings is 1. The van der Waals surface area contributed by atoms with Gasteiger partial charge < -0.3 is 10.4 Å². The molecule has 19 heavy (non-hydrogen) atoms. The second-order valence-corrected chi connectivity index (χ2v) is 5.30. The molecule has 0 radical (unpaired) electrons. The van der Waals surface area contributed by atoms with Crippen molar-refractivity contribution < 1.29 is 18.7 Å². The summed E-state index contributed by atoms with van der Waals surface area (Å²) in [7, 11) is 0. The lowest BCUT2D eigenvalue weighted by Crippen LogP contribution is -2.42. The summed E-state index contributed by atoms with van der Waals surface area (Å²) >= 11 is 1.44. The summed E-state index contributed by atoms with van der Waals surface area (Å²) in [5.41, 5.74) is 0.149. The minimum Gasteiger partial charge on any atom is -0.395 e. The molecule has 1 amide bonds. The van der Waals surface area contributed by atoms with E-state index in [-0.39, 0.29) is 35.8 Å². The van der Waals surface area contributed by atoms with Gasteiger partial charge in [0, 0.05) is 17.4 Å². The molecule has 1 aromatic rings. The van der Waals surface area contributed by atoms with Gasteiger partial charge in [-0.15, -0.1) is 0 Å². The third-order valence-corrected chi connectivity index (χ3v) is 3.96. The summed E-state index contributed by atoms with van der Waals surface area (Å²) in [5.74, 6) is -1.75. The molecule has 3 nitrogen and oxygen atoms in total. The van der Waals surface area contributed by atoms with Crippen molar-refractivity contribution >= 4 is 17.7 Å². The maximum Gasteiger partial charge on any atom is 0.224 e. The molecule has 106 valence electrons. The Balaban J connectivity index is 2.60. The van der Waals surface area contributed by atoms with E-state index in [1.807, 2.05) is 6.26 Å². The van der Waals surface area contributed by atoms with Crippen LogP contribution in [0.15, 0.2) is 18.2 Å². The molecular formula is C13H17F2NO2S. The SMILES string of the molecule is CS[C@H](CO)[C@H](C)NC(=O)Cc1ccc(F)cc1F. The van der Waals surface area contributed by atoms with Crippen molar-refractivity contribution in [1.82, 2.24) is 5.32 Å². The van der Waals surface area contributed by atoms with E-state index in [2.05, 4.69) is 5.32 Å². The van der Waals surface area contributed by atoms with Gasteiger partial charge in [-0.25, -0.2) is 8.78 Å². The quantitative estimate of drug-likeness (QED) is 0.838. The van der Waals surface area contributed by atoms with Gasteiger partial charge in [-0.1, -0.05) is 6.07 Å². The fraction of sp³-hybridized carbons (Fsp3) is 0.462. The summed E-state index contributed by atoms with van der Waals surface area (Å²) in [5, 5.41) is 11.7. The molecular weight excluding hydrogens is 272 g/mol. The minimum absolute atomic E-state index is 0.0481. The highest BCUT2D eigenvalue weighted by atomic mass is 32.2. The summed E-state index contributed by atoms with van der Waals surface area (Å²) in [4.78, 5) is 11.7. The molecule has 2 atom stereocenters. The van der Waals surface area contributed by atoms with Crippen LogP contribution in [0.4, 0.5) is 8.78 Å². The maximum absolute atomic E-state index is 13.4. The van der Waals surface area contributed by atoms with Crippen LogP contribution in [0.5, 0.6) is 0 Å². The van der Waals surface area contributed by atoms with E-state index in [0.717, 1.165) is 12.1 Å². The molecule has 0 heterocycles. The fourth-order valence-electron chi connectivity index (χ4n) is 1.67. The van der Waals surface area contributed by atoms with E-state index in [4.69, 9.17) is 5.11 Å². The van der Waals surface area contributed by atoms with Crippen LogP contribution in [-0.4, -0.2) is 35.2 Å². The molecule has 0 fully saturated rings. The van der Waals surface area contributed by atoms with Crippen molar-refractivity contribution in [2.24, 2.45) is 0 Å². The molecule has 6 heteroatoms. The zero-order valence-electron chi connectivity index (χ0n) is 10.8. The molecule has 0 bridgehead atoms. The average Bonchev–Trinajstić information content (AvgIpc) is 2.34. The fourth-order valence-corrected chi connectivity index (χ4v) is 2.30. The largest absolute Gasteiger partial charge is 0.395 e. The Kier molecular flexibility index (Phi) is 6.24. The second-order valence-electron chi connectivity index (χ2n) is 4.23. The van der Waals surface area contributed by atoms with Crippen LogP contribution in [0.3, 0.4) is 0 Å². The van der Waals surface area contributed by atoms with Crippen LogP contribution in [-0.2, 0) is 11.2 Å². The zero-order chi connectivity index (χ0) is 14.4. The number of thioether (sulfide) groups is 1. The lowest BCUT2D eigenvalue weighted by Gasteiger charge is -2.21. The van der Waals surface area contributed by atoms with Gasteiger partial charge in [-0.2, -0.15) is 11.8 Å². The number of hydrogen-bond donors (Lipinski definition) is 2. The number of aliphatic hydroxyl groups excluding tert-OH is 1. The maximum atomic E-state index is 13.4. The Morgan fingerprint density at radius 1 is 1.47 bits per heavy atom.